The van der Waals surface area contributed by atoms with E-state index in [4.69, 9.17) is 9.52 Å². The molecule has 0 radical (unpaired) electrons. The molecule has 0 aliphatic heterocycles. The second kappa shape index (κ2) is 3.98. The molecule has 0 saturated heterocycles. The summed E-state index contributed by atoms with van der Waals surface area (Å²) < 4.78 is 5.09. The molecule has 1 heterocycles. The Morgan fingerprint density at radius 1 is 1.73 bits per heavy atom. The molecule has 60 valence electrons. The van der Waals surface area contributed by atoms with Crippen LogP contribution in [-0.2, 0) is 0 Å². The van der Waals surface area contributed by atoms with Gasteiger partial charge in [0.1, 0.15) is 5.76 Å². The molecular weight excluding hydrogens is 140 g/mol. The summed E-state index contributed by atoms with van der Waals surface area (Å²) in [5.41, 5.74) is 1.13. The molecule has 0 amide bonds. The van der Waals surface area contributed by atoms with Crippen LogP contribution in [0.4, 0.5) is 0 Å². The van der Waals surface area contributed by atoms with Crippen LogP contribution in [0.25, 0.3) is 6.08 Å². The van der Waals surface area contributed by atoms with Gasteiger partial charge in [0.05, 0.1) is 6.26 Å². The van der Waals surface area contributed by atoms with Gasteiger partial charge in [0.2, 0.25) is 0 Å². The third kappa shape index (κ3) is 2.60. The minimum atomic E-state index is 0.197. The van der Waals surface area contributed by atoms with Gasteiger partial charge in [-0.05, 0) is 31.6 Å². The van der Waals surface area contributed by atoms with E-state index in [1.807, 2.05) is 25.1 Å². The van der Waals surface area contributed by atoms with Crippen LogP contribution in [0.3, 0.4) is 0 Å². The quantitative estimate of drug-likeness (QED) is 0.719. The third-order valence-corrected chi connectivity index (χ3v) is 1.44. The van der Waals surface area contributed by atoms with E-state index in [9.17, 15) is 0 Å². The molecule has 1 rings (SSSR count). The topological polar surface area (TPSA) is 33.4 Å². The van der Waals surface area contributed by atoms with Crippen molar-refractivity contribution in [3.8, 4) is 0 Å². The predicted molar refractivity (Wildman–Crippen MR) is 44.1 cm³/mol. The molecule has 2 heteroatoms. The van der Waals surface area contributed by atoms with Crippen molar-refractivity contribution in [2.45, 2.75) is 13.3 Å². The van der Waals surface area contributed by atoms with Gasteiger partial charge < -0.3 is 9.52 Å². The van der Waals surface area contributed by atoms with Crippen LogP contribution in [0.2, 0.25) is 0 Å². The lowest BCUT2D eigenvalue weighted by Crippen LogP contribution is -1.82. The summed E-state index contributed by atoms with van der Waals surface area (Å²) in [5.74, 6) is 0.843. The van der Waals surface area contributed by atoms with Crippen molar-refractivity contribution >= 4 is 6.08 Å². The van der Waals surface area contributed by atoms with E-state index in [1.54, 1.807) is 6.26 Å². The SMILES string of the molecule is C/C(=C\c1ccco1)CCO. The lowest BCUT2D eigenvalue weighted by atomic mass is 10.2. The van der Waals surface area contributed by atoms with Crippen molar-refractivity contribution in [1.82, 2.24) is 0 Å². The molecule has 0 bridgehead atoms. The highest BCUT2D eigenvalue weighted by atomic mass is 16.3. The second-order valence-corrected chi connectivity index (χ2v) is 2.48. The van der Waals surface area contributed by atoms with Gasteiger partial charge in [-0.2, -0.15) is 0 Å². The summed E-state index contributed by atoms with van der Waals surface area (Å²) in [6, 6.07) is 3.74. The van der Waals surface area contributed by atoms with Crippen LogP contribution >= 0.6 is 0 Å². The normalized spacial score (nSPS) is 12.0. The molecule has 2 nitrogen and oxygen atoms in total. The summed E-state index contributed by atoms with van der Waals surface area (Å²) in [6.07, 6.45) is 4.27. The summed E-state index contributed by atoms with van der Waals surface area (Å²) in [6.45, 7) is 2.17. The Bertz CT molecular complexity index is 222. The highest BCUT2D eigenvalue weighted by molar-refractivity contribution is 5.46. The molecule has 0 spiro atoms. The fourth-order valence-electron chi connectivity index (χ4n) is 0.865. The molecule has 0 aromatic carbocycles. The van der Waals surface area contributed by atoms with Gasteiger partial charge in [-0.1, -0.05) is 5.57 Å². The molecule has 0 aliphatic carbocycles. The zero-order valence-electron chi connectivity index (χ0n) is 6.58. The first-order valence-corrected chi connectivity index (χ1v) is 3.64. The molecule has 1 N–H and O–H groups in total. The number of hydrogen-bond donors (Lipinski definition) is 1. The van der Waals surface area contributed by atoms with Crippen molar-refractivity contribution in [2.75, 3.05) is 6.61 Å². The van der Waals surface area contributed by atoms with Crippen molar-refractivity contribution in [1.29, 1.82) is 0 Å². The number of aliphatic hydroxyl groups excluding tert-OH is 1. The van der Waals surface area contributed by atoms with Gasteiger partial charge in [0, 0.05) is 6.61 Å². The van der Waals surface area contributed by atoms with E-state index >= 15 is 0 Å². The Kier molecular flexibility index (Phi) is 2.93. The van der Waals surface area contributed by atoms with Gasteiger partial charge in [-0.25, -0.2) is 0 Å². The minimum absolute atomic E-state index is 0.197. The van der Waals surface area contributed by atoms with E-state index < -0.39 is 0 Å². The first-order chi connectivity index (χ1) is 5.33. The first kappa shape index (κ1) is 8.08. The zero-order valence-corrected chi connectivity index (χ0v) is 6.58. The molecule has 0 saturated carbocycles. The lowest BCUT2D eigenvalue weighted by molar-refractivity contribution is 0.299. The fourth-order valence-corrected chi connectivity index (χ4v) is 0.865. The highest BCUT2D eigenvalue weighted by Crippen LogP contribution is 2.08. The Labute approximate surface area is 66.2 Å². The Balaban J connectivity index is 2.58. The van der Waals surface area contributed by atoms with Crippen molar-refractivity contribution in [3.63, 3.8) is 0 Å². The van der Waals surface area contributed by atoms with Crippen LogP contribution < -0.4 is 0 Å². The molecule has 11 heavy (non-hydrogen) atoms. The van der Waals surface area contributed by atoms with E-state index in [0.29, 0.717) is 6.42 Å². The van der Waals surface area contributed by atoms with Crippen molar-refractivity contribution in [3.05, 3.63) is 29.7 Å². The maximum Gasteiger partial charge on any atom is 0.126 e. The number of rotatable bonds is 3. The molecule has 1 aromatic heterocycles. The van der Waals surface area contributed by atoms with Gasteiger partial charge >= 0.3 is 0 Å². The molecule has 1 aromatic rings. The lowest BCUT2D eigenvalue weighted by Gasteiger charge is -1.93. The average molecular weight is 152 g/mol. The van der Waals surface area contributed by atoms with Crippen LogP contribution in [0.15, 0.2) is 28.4 Å². The molecule has 0 aliphatic rings. The predicted octanol–water partition coefficient (Wildman–Crippen LogP) is 2.07. The number of aliphatic hydroxyl groups is 1. The Hall–Kier alpha value is -1.02. The van der Waals surface area contributed by atoms with E-state index in [2.05, 4.69) is 0 Å². The summed E-state index contributed by atoms with van der Waals surface area (Å²) in [7, 11) is 0. The maximum absolute atomic E-state index is 8.59. The van der Waals surface area contributed by atoms with Gasteiger partial charge in [0.25, 0.3) is 0 Å². The van der Waals surface area contributed by atoms with Crippen LogP contribution in [-0.4, -0.2) is 11.7 Å². The average Bonchev–Trinajstić information content (AvgIpc) is 2.40. The fraction of sp³-hybridized carbons (Fsp3) is 0.333. The van der Waals surface area contributed by atoms with E-state index in [1.165, 1.54) is 0 Å². The highest BCUT2D eigenvalue weighted by Gasteiger charge is 1.91. The van der Waals surface area contributed by atoms with Gasteiger partial charge in [0.15, 0.2) is 0 Å². The zero-order chi connectivity index (χ0) is 8.10. The standard InChI is InChI=1S/C9H12O2/c1-8(4-5-10)7-9-3-2-6-11-9/h2-3,6-7,10H,4-5H2,1H3/b8-7+. The molecular formula is C9H12O2. The van der Waals surface area contributed by atoms with Crippen molar-refractivity contribution in [2.24, 2.45) is 0 Å². The molecule has 0 unspecified atom stereocenters. The van der Waals surface area contributed by atoms with Gasteiger partial charge in [-0.15, -0.1) is 0 Å². The van der Waals surface area contributed by atoms with Crippen LogP contribution in [0.1, 0.15) is 19.1 Å². The summed E-state index contributed by atoms with van der Waals surface area (Å²) in [5, 5.41) is 8.59. The Morgan fingerprint density at radius 3 is 3.09 bits per heavy atom. The third-order valence-electron chi connectivity index (χ3n) is 1.44. The van der Waals surface area contributed by atoms with E-state index in [0.717, 1.165) is 11.3 Å². The number of furan rings is 1. The minimum Gasteiger partial charge on any atom is -0.465 e. The smallest absolute Gasteiger partial charge is 0.126 e. The maximum atomic E-state index is 8.59. The monoisotopic (exact) mass is 152 g/mol. The first-order valence-electron chi connectivity index (χ1n) is 3.64. The summed E-state index contributed by atoms with van der Waals surface area (Å²) >= 11 is 0. The van der Waals surface area contributed by atoms with Crippen LogP contribution in [0, 0.1) is 0 Å². The largest absolute Gasteiger partial charge is 0.465 e. The van der Waals surface area contributed by atoms with Crippen molar-refractivity contribution < 1.29 is 9.52 Å². The Morgan fingerprint density at radius 2 is 2.55 bits per heavy atom. The molecule has 0 atom stereocenters. The van der Waals surface area contributed by atoms with Gasteiger partial charge in [-0.3, -0.25) is 0 Å². The second-order valence-electron chi connectivity index (χ2n) is 2.48. The number of hydrogen-bond acceptors (Lipinski definition) is 2. The summed E-state index contributed by atoms with van der Waals surface area (Å²) in [4.78, 5) is 0. The van der Waals surface area contributed by atoms with Crippen LogP contribution in [0.5, 0.6) is 0 Å². The molecule has 0 fully saturated rings. The van der Waals surface area contributed by atoms with E-state index in [-0.39, 0.29) is 6.61 Å².